The topological polar surface area (TPSA) is 29.1 Å². The summed E-state index contributed by atoms with van der Waals surface area (Å²) in [5.41, 5.74) is 0.678. The van der Waals surface area contributed by atoms with Gasteiger partial charge in [0.15, 0.2) is 0 Å². The highest BCUT2D eigenvalue weighted by Crippen LogP contribution is 2.22. The van der Waals surface area contributed by atoms with E-state index >= 15 is 0 Å². The predicted molar refractivity (Wildman–Crippen MR) is 54.3 cm³/mol. The van der Waals surface area contributed by atoms with Gasteiger partial charge >= 0.3 is 0 Å². The number of rotatable bonds is 2. The lowest BCUT2D eigenvalue weighted by molar-refractivity contribution is 0.0937. The van der Waals surface area contributed by atoms with E-state index in [9.17, 15) is 9.18 Å². The first-order valence-corrected chi connectivity index (χ1v) is 5.67. The third-order valence-corrected chi connectivity index (χ3v) is 3.17. The van der Waals surface area contributed by atoms with E-state index in [4.69, 9.17) is 0 Å². The molecule has 2 atom stereocenters. The summed E-state index contributed by atoms with van der Waals surface area (Å²) in [6, 6.07) is 1.81. The van der Waals surface area contributed by atoms with Gasteiger partial charge in [-0.1, -0.05) is 0 Å². The molecule has 0 bridgehead atoms. The fourth-order valence-corrected chi connectivity index (χ4v) is 2.36. The van der Waals surface area contributed by atoms with Crippen LogP contribution in [0, 0.1) is 0 Å². The second-order valence-corrected chi connectivity index (χ2v) is 4.37. The Morgan fingerprint density at radius 3 is 3.00 bits per heavy atom. The van der Waals surface area contributed by atoms with E-state index in [1.165, 1.54) is 11.3 Å². The zero-order valence-corrected chi connectivity index (χ0v) is 8.52. The molecule has 0 aromatic carbocycles. The van der Waals surface area contributed by atoms with E-state index in [2.05, 4.69) is 5.32 Å². The highest BCUT2D eigenvalue weighted by molar-refractivity contribution is 7.08. The van der Waals surface area contributed by atoms with E-state index < -0.39 is 6.17 Å². The number of alkyl halides is 1. The molecule has 1 saturated carbocycles. The van der Waals surface area contributed by atoms with Gasteiger partial charge in [-0.3, -0.25) is 4.79 Å². The van der Waals surface area contributed by atoms with Gasteiger partial charge in [-0.05, 0) is 30.7 Å². The zero-order valence-electron chi connectivity index (χ0n) is 7.70. The second-order valence-electron chi connectivity index (χ2n) is 3.59. The largest absolute Gasteiger partial charge is 0.349 e. The first-order valence-electron chi connectivity index (χ1n) is 4.73. The molecule has 1 N–H and O–H groups in total. The van der Waals surface area contributed by atoms with Gasteiger partial charge in [0.25, 0.3) is 5.91 Å². The van der Waals surface area contributed by atoms with Crippen LogP contribution in [-0.2, 0) is 0 Å². The predicted octanol–water partition coefficient (Wildman–Crippen LogP) is 2.37. The van der Waals surface area contributed by atoms with Crippen LogP contribution in [-0.4, -0.2) is 18.1 Å². The van der Waals surface area contributed by atoms with Crippen LogP contribution in [0.2, 0.25) is 0 Å². The molecule has 76 valence electrons. The minimum atomic E-state index is -0.734. The third kappa shape index (κ3) is 2.12. The van der Waals surface area contributed by atoms with Crippen LogP contribution in [0.4, 0.5) is 4.39 Å². The summed E-state index contributed by atoms with van der Waals surface area (Å²) >= 11 is 1.49. The quantitative estimate of drug-likeness (QED) is 0.802. The Morgan fingerprint density at radius 1 is 1.57 bits per heavy atom. The second kappa shape index (κ2) is 4.09. The normalized spacial score (nSPS) is 26.4. The third-order valence-electron chi connectivity index (χ3n) is 2.49. The summed E-state index contributed by atoms with van der Waals surface area (Å²) < 4.78 is 12.8. The van der Waals surface area contributed by atoms with E-state index in [0.29, 0.717) is 18.4 Å². The maximum Gasteiger partial charge on any atom is 0.252 e. The maximum absolute atomic E-state index is 12.8. The number of hydrogen-bond acceptors (Lipinski definition) is 2. The Hall–Kier alpha value is -0.900. The monoisotopic (exact) mass is 213 g/mol. The lowest BCUT2D eigenvalue weighted by Gasteiger charge is -2.10. The Kier molecular flexibility index (Phi) is 2.82. The lowest BCUT2D eigenvalue weighted by atomic mass is 10.2. The van der Waals surface area contributed by atoms with Crippen molar-refractivity contribution >= 4 is 17.2 Å². The van der Waals surface area contributed by atoms with Crippen molar-refractivity contribution in [1.29, 1.82) is 0 Å². The van der Waals surface area contributed by atoms with Crippen molar-refractivity contribution in [3.63, 3.8) is 0 Å². The average molecular weight is 213 g/mol. The number of thiophene rings is 1. The molecule has 0 saturated heterocycles. The van der Waals surface area contributed by atoms with Crippen molar-refractivity contribution in [2.75, 3.05) is 0 Å². The SMILES string of the molecule is O=C(N[C@@H]1CC[C@@H](F)C1)c1ccsc1. The number of carbonyl (C=O) groups is 1. The van der Waals surface area contributed by atoms with Gasteiger partial charge in [0.2, 0.25) is 0 Å². The van der Waals surface area contributed by atoms with Crippen LogP contribution < -0.4 is 5.32 Å². The van der Waals surface area contributed by atoms with Gasteiger partial charge in [-0.25, -0.2) is 4.39 Å². The first kappa shape index (κ1) is 9.65. The van der Waals surface area contributed by atoms with E-state index in [1.807, 2.05) is 5.38 Å². The Labute approximate surface area is 86.1 Å². The summed E-state index contributed by atoms with van der Waals surface area (Å²) in [5.74, 6) is -0.0784. The highest BCUT2D eigenvalue weighted by Gasteiger charge is 2.25. The number of nitrogens with one attached hydrogen (secondary N) is 1. The number of carbonyl (C=O) groups excluding carboxylic acids is 1. The van der Waals surface area contributed by atoms with Crippen LogP contribution in [0.5, 0.6) is 0 Å². The highest BCUT2D eigenvalue weighted by atomic mass is 32.1. The van der Waals surface area contributed by atoms with Crippen molar-refractivity contribution in [2.45, 2.75) is 31.5 Å². The van der Waals surface area contributed by atoms with Crippen LogP contribution in [0.25, 0.3) is 0 Å². The van der Waals surface area contributed by atoms with E-state index in [-0.39, 0.29) is 11.9 Å². The number of hydrogen-bond donors (Lipinski definition) is 1. The van der Waals surface area contributed by atoms with Crippen molar-refractivity contribution in [3.05, 3.63) is 22.4 Å². The van der Waals surface area contributed by atoms with Gasteiger partial charge in [0.05, 0.1) is 0 Å². The van der Waals surface area contributed by atoms with Gasteiger partial charge in [-0.2, -0.15) is 11.3 Å². The molecule has 2 rings (SSSR count). The first-order chi connectivity index (χ1) is 6.75. The summed E-state index contributed by atoms with van der Waals surface area (Å²) in [6.07, 6.45) is 1.07. The van der Waals surface area contributed by atoms with E-state index in [1.54, 1.807) is 11.4 Å². The minimum absolute atomic E-state index is 0.0254. The van der Waals surface area contributed by atoms with Crippen molar-refractivity contribution in [3.8, 4) is 0 Å². The van der Waals surface area contributed by atoms with Gasteiger partial charge in [-0.15, -0.1) is 0 Å². The lowest BCUT2D eigenvalue weighted by Crippen LogP contribution is -2.32. The van der Waals surface area contributed by atoms with Crippen LogP contribution in [0.1, 0.15) is 29.6 Å². The summed E-state index contributed by atoms with van der Waals surface area (Å²) in [7, 11) is 0. The smallest absolute Gasteiger partial charge is 0.252 e. The molecule has 1 fully saturated rings. The maximum atomic E-state index is 12.8. The molecule has 1 amide bonds. The summed E-state index contributed by atoms with van der Waals surface area (Å²) in [4.78, 5) is 11.5. The Balaban J connectivity index is 1.89. The molecule has 0 radical (unpaired) electrons. The number of halogens is 1. The fraction of sp³-hybridized carbons (Fsp3) is 0.500. The van der Waals surface area contributed by atoms with Gasteiger partial charge in [0, 0.05) is 17.0 Å². The Bertz CT molecular complexity index is 312. The molecule has 1 aliphatic carbocycles. The molecular formula is C10H12FNOS. The molecule has 1 aliphatic rings. The fourth-order valence-electron chi connectivity index (χ4n) is 1.72. The number of amides is 1. The average Bonchev–Trinajstić information content (AvgIpc) is 2.75. The van der Waals surface area contributed by atoms with Crippen LogP contribution in [0.3, 0.4) is 0 Å². The minimum Gasteiger partial charge on any atom is -0.349 e. The Morgan fingerprint density at radius 2 is 2.43 bits per heavy atom. The van der Waals surface area contributed by atoms with Crippen molar-refractivity contribution in [2.24, 2.45) is 0 Å². The standard InChI is InChI=1S/C10H12FNOS/c11-8-1-2-9(5-8)12-10(13)7-3-4-14-6-7/h3-4,6,8-9H,1-2,5H2,(H,12,13)/t8-,9-/m1/s1. The van der Waals surface area contributed by atoms with E-state index in [0.717, 1.165) is 6.42 Å². The molecule has 14 heavy (non-hydrogen) atoms. The molecule has 1 heterocycles. The summed E-state index contributed by atoms with van der Waals surface area (Å²) in [6.45, 7) is 0. The molecule has 0 aliphatic heterocycles. The molecule has 0 spiro atoms. The molecule has 1 aromatic heterocycles. The molecule has 2 nitrogen and oxygen atoms in total. The van der Waals surface area contributed by atoms with Crippen molar-refractivity contribution < 1.29 is 9.18 Å². The van der Waals surface area contributed by atoms with Crippen LogP contribution in [0.15, 0.2) is 16.8 Å². The molecular weight excluding hydrogens is 201 g/mol. The van der Waals surface area contributed by atoms with Gasteiger partial charge in [0.1, 0.15) is 6.17 Å². The molecule has 1 aromatic rings. The van der Waals surface area contributed by atoms with Crippen molar-refractivity contribution in [1.82, 2.24) is 5.32 Å². The molecule has 0 unspecified atom stereocenters. The van der Waals surface area contributed by atoms with Crippen LogP contribution >= 0.6 is 11.3 Å². The summed E-state index contributed by atoms with van der Waals surface area (Å²) in [5, 5.41) is 6.50. The molecule has 4 heteroatoms. The van der Waals surface area contributed by atoms with Gasteiger partial charge < -0.3 is 5.32 Å². The zero-order chi connectivity index (χ0) is 9.97.